The van der Waals surface area contributed by atoms with Crippen molar-refractivity contribution in [2.45, 2.75) is 32.1 Å². The molecule has 2 rings (SSSR count). The Morgan fingerprint density at radius 1 is 1.12 bits per heavy atom. The summed E-state index contributed by atoms with van der Waals surface area (Å²) < 4.78 is 0. The van der Waals surface area contributed by atoms with Gasteiger partial charge in [-0.25, -0.2) is 19.6 Å². The normalized spacial score (nSPS) is 10.6. The number of benzene rings is 1. The maximum atomic E-state index is 11.5. The van der Waals surface area contributed by atoms with Gasteiger partial charge >= 0.3 is 11.9 Å². The van der Waals surface area contributed by atoms with E-state index in [1.54, 1.807) is 23.6 Å². The molecule has 1 heterocycles. The van der Waals surface area contributed by atoms with Gasteiger partial charge in [0.15, 0.2) is 5.57 Å². The van der Waals surface area contributed by atoms with Crippen LogP contribution in [0.1, 0.15) is 27.2 Å². The van der Waals surface area contributed by atoms with Crippen molar-refractivity contribution in [1.29, 1.82) is 0 Å². The summed E-state index contributed by atoms with van der Waals surface area (Å²) in [6.07, 6.45) is 1.65. The number of fused-ring (bicyclic) bond motifs is 1. The highest BCUT2D eigenvalue weighted by molar-refractivity contribution is 7.99. The molecule has 1 aromatic heterocycles. The molecule has 7 nitrogen and oxygen atoms in total. The topological polar surface area (TPSA) is 104 Å². The third-order valence-electron chi connectivity index (χ3n) is 3.85. The Morgan fingerprint density at radius 3 is 2.35 bits per heavy atom. The summed E-state index contributed by atoms with van der Waals surface area (Å²) in [6.45, 7) is 5.99. The summed E-state index contributed by atoms with van der Waals surface area (Å²) in [6, 6.07) is 5.81. The Kier molecular flexibility index (Phi) is 6.57. The first-order valence-electron chi connectivity index (χ1n) is 8.29. The van der Waals surface area contributed by atoms with Crippen LogP contribution in [0.15, 0.2) is 40.7 Å². The molecule has 0 aliphatic carbocycles. The first-order chi connectivity index (χ1) is 12.4. The van der Waals surface area contributed by atoms with Gasteiger partial charge in [0, 0.05) is 22.5 Å². The van der Waals surface area contributed by atoms with Crippen molar-refractivity contribution >= 4 is 40.4 Å². The highest BCUT2D eigenvalue weighted by atomic mass is 32.2. The molecule has 138 valence electrons. The zero-order valence-corrected chi connectivity index (χ0v) is 15.7. The molecular weight excluding hydrogens is 354 g/mol. The second kappa shape index (κ2) is 8.66. The van der Waals surface area contributed by atoms with E-state index in [1.165, 1.54) is 6.33 Å². The number of aromatic nitrogens is 2. The fourth-order valence-corrected chi connectivity index (χ4v) is 3.50. The number of hydrogen-bond acceptors (Lipinski definition) is 6. The van der Waals surface area contributed by atoms with Crippen LogP contribution in [-0.4, -0.2) is 44.4 Å². The van der Waals surface area contributed by atoms with Crippen LogP contribution in [0.5, 0.6) is 0 Å². The van der Waals surface area contributed by atoms with E-state index < -0.39 is 17.5 Å². The fourth-order valence-electron chi connectivity index (χ4n) is 2.80. The minimum atomic E-state index is -1.46. The number of carbonyl (C=O) groups is 2. The molecule has 0 unspecified atom stereocenters. The van der Waals surface area contributed by atoms with E-state index in [-0.39, 0.29) is 12.1 Å². The molecule has 0 atom stereocenters. The fraction of sp³-hybridized carbons (Fsp3) is 0.333. The molecule has 0 amide bonds. The zero-order valence-electron chi connectivity index (χ0n) is 14.9. The zero-order chi connectivity index (χ0) is 19.3. The highest BCUT2D eigenvalue weighted by Crippen LogP contribution is 2.31. The average Bonchev–Trinajstić information content (AvgIpc) is 2.61. The molecule has 0 saturated carbocycles. The lowest BCUT2D eigenvalue weighted by Gasteiger charge is -2.26. The van der Waals surface area contributed by atoms with Crippen LogP contribution in [0.3, 0.4) is 0 Å². The van der Waals surface area contributed by atoms with Crippen molar-refractivity contribution in [3.05, 3.63) is 35.8 Å². The Morgan fingerprint density at radius 2 is 1.81 bits per heavy atom. The van der Waals surface area contributed by atoms with Crippen molar-refractivity contribution in [2.75, 3.05) is 17.2 Å². The molecule has 8 heteroatoms. The van der Waals surface area contributed by atoms with Crippen molar-refractivity contribution in [3.8, 4) is 0 Å². The van der Waals surface area contributed by atoms with Gasteiger partial charge in [-0.3, -0.25) is 0 Å². The Balaban J connectivity index is 2.73. The van der Waals surface area contributed by atoms with Crippen molar-refractivity contribution in [1.82, 2.24) is 9.97 Å². The predicted molar refractivity (Wildman–Crippen MR) is 102 cm³/mol. The lowest BCUT2D eigenvalue weighted by molar-refractivity contribution is -0.140. The number of nitrogens with zero attached hydrogens (tertiary/aromatic N) is 3. The molecule has 2 aromatic rings. The van der Waals surface area contributed by atoms with Crippen LogP contribution < -0.4 is 4.90 Å². The number of thioether (sulfide) groups is 1. The quantitative estimate of drug-likeness (QED) is 0.313. The molecule has 2 N–H and O–H groups in total. The van der Waals surface area contributed by atoms with Gasteiger partial charge in [0.25, 0.3) is 0 Å². The minimum absolute atomic E-state index is 0.209. The third-order valence-corrected chi connectivity index (χ3v) is 4.72. The van der Waals surface area contributed by atoms with E-state index in [9.17, 15) is 19.8 Å². The smallest absolute Gasteiger partial charge is 0.344 e. The van der Waals surface area contributed by atoms with Crippen LogP contribution in [0.2, 0.25) is 0 Å². The van der Waals surface area contributed by atoms with Gasteiger partial charge in [0.2, 0.25) is 0 Å². The van der Waals surface area contributed by atoms with E-state index in [4.69, 9.17) is 0 Å². The first kappa shape index (κ1) is 19.7. The van der Waals surface area contributed by atoms with Gasteiger partial charge in [0.05, 0.1) is 5.52 Å². The number of rotatable bonds is 8. The van der Waals surface area contributed by atoms with Gasteiger partial charge < -0.3 is 15.1 Å². The molecule has 1 aromatic carbocycles. The molecule has 0 aliphatic rings. The number of anilines is 1. The van der Waals surface area contributed by atoms with Crippen LogP contribution in [-0.2, 0) is 9.59 Å². The SMILES string of the molecule is CCSc1ccc2ncnc(N(CC)C(CC)=C(C(=O)O)C(=O)O)c2c1. The highest BCUT2D eigenvalue weighted by Gasteiger charge is 2.26. The Labute approximate surface area is 155 Å². The Bertz CT molecular complexity index is 851. The van der Waals surface area contributed by atoms with E-state index in [1.807, 2.05) is 25.1 Å². The number of allylic oxidation sites excluding steroid dienone is 1. The summed E-state index contributed by atoms with van der Waals surface area (Å²) in [7, 11) is 0. The van der Waals surface area contributed by atoms with Crippen LogP contribution in [0, 0.1) is 0 Å². The van der Waals surface area contributed by atoms with Gasteiger partial charge in [-0.15, -0.1) is 11.8 Å². The molecule has 0 radical (unpaired) electrons. The molecule has 0 aliphatic heterocycles. The monoisotopic (exact) mass is 375 g/mol. The first-order valence-corrected chi connectivity index (χ1v) is 9.27. The summed E-state index contributed by atoms with van der Waals surface area (Å²) in [5.74, 6) is -1.51. The standard InChI is InChI=1S/C18H21N3O4S/c1-4-14(15(17(22)23)18(24)25)21(5-2)16-12-9-11(26-6-3)7-8-13(12)19-10-20-16/h7-10H,4-6H2,1-3H3,(H,22,23)(H,24,25). The molecule has 0 bridgehead atoms. The minimum Gasteiger partial charge on any atom is -0.477 e. The van der Waals surface area contributed by atoms with Gasteiger partial charge in [0.1, 0.15) is 12.1 Å². The van der Waals surface area contributed by atoms with E-state index in [0.29, 0.717) is 12.4 Å². The van der Waals surface area contributed by atoms with Gasteiger partial charge in [-0.2, -0.15) is 0 Å². The third kappa shape index (κ3) is 3.96. The Hall–Kier alpha value is -2.61. The molecule has 26 heavy (non-hydrogen) atoms. The van der Waals surface area contributed by atoms with E-state index >= 15 is 0 Å². The van der Waals surface area contributed by atoms with Gasteiger partial charge in [-0.1, -0.05) is 13.8 Å². The lowest BCUT2D eigenvalue weighted by Crippen LogP contribution is -2.28. The van der Waals surface area contributed by atoms with Crippen LogP contribution in [0.25, 0.3) is 10.9 Å². The summed E-state index contributed by atoms with van der Waals surface area (Å²) >= 11 is 1.67. The van der Waals surface area contributed by atoms with Gasteiger partial charge in [-0.05, 0) is 37.3 Å². The number of aliphatic carboxylic acids is 2. The maximum Gasteiger partial charge on any atom is 0.344 e. The molecular formula is C18H21N3O4S. The number of hydrogen-bond donors (Lipinski definition) is 2. The average molecular weight is 375 g/mol. The molecule has 0 fully saturated rings. The van der Waals surface area contributed by atoms with E-state index in [2.05, 4.69) is 16.9 Å². The van der Waals surface area contributed by atoms with Crippen molar-refractivity contribution < 1.29 is 19.8 Å². The number of carboxylic acid groups (broad SMARTS) is 2. The largest absolute Gasteiger partial charge is 0.477 e. The summed E-state index contributed by atoms with van der Waals surface area (Å²) in [5, 5.41) is 19.5. The summed E-state index contributed by atoms with van der Waals surface area (Å²) in [4.78, 5) is 34.3. The molecule has 0 spiro atoms. The van der Waals surface area contributed by atoms with Crippen molar-refractivity contribution in [3.63, 3.8) is 0 Å². The second-order valence-electron chi connectivity index (χ2n) is 5.34. The molecule has 0 saturated heterocycles. The number of carboxylic acids is 2. The summed E-state index contributed by atoms with van der Waals surface area (Å²) in [5.41, 5.74) is 0.290. The second-order valence-corrected chi connectivity index (χ2v) is 6.68. The predicted octanol–water partition coefficient (Wildman–Crippen LogP) is 3.40. The van der Waals surface area contributed by atoms with E-state index in [0.717, 1.165) is 21.6 Å². The maximum absolute atomic E-state index is 11.5. The lowest BCUT2D eigenvalue weighted by atomic mass is 10.1. The van der Waals surface area contributed by atoms with Crippen LogP contribution >= 0.6 is 11.8 Å². The van der Waals surface area contributed by atoms with Crippen LogP contribution in [0.4, 0.5) is 5.82 Å². The van der Waals surface area contributed by atoms with Crippen molar-refractivity contribution in [2.24, 2.45) is 0 Å².